The van der Waals surface area contributed by atoms with Crippen molar-refractivity contribution in [2.24, 2.45) is 0 Å². The number of halogens is 1. The number of benzene rings is 2. The zero-order valence-electron chi connectivity index (χ0n) is 12.8. The van der Waals surface area contributed by atoms with Crippen molar-refractivity contribution in [1.29, 1.82) is 0 Å². The molecule has 0 aliphatic rings. The Kier molecular flexibility index (Phi) is 5.41. The minimum absolute atomic E-state index is 0.0508. The maximum atomic E-state index is 12.3. The van der Waals surface area contributed by atoms with Crippen LogP contribution in [0.3, 0.4) is 0 Å². The van der Waals surface area contributed by atoms with Crippen molar-refractivity contribution in [2.75, 3.05) is 11.9 Å². The molecule has 0 radical (unpaired) electrons. The van der Waals surface area contributed by atoms with E-state index >= 15 is 0 Å². The van der Waals surface area contributed by atoms with Gasteiger partial charge in [0.2, 0.25) is 10.0 Å². The van der Waals surface area contributed by atoms with E-state index in [0.717, 1.165) is 5.56 Å². The maximum absolute atomic E-state index is 12.3. The number of anilines is 1. The molecule has 0 saturated carbocycles. The maximum Gasteiger partial charge on any atom is 0.255 e. The van der Waals surface area contributed by atoms with Gasteiger partial charge in [-0.1, -0.05) is 30.7 Å². The normalized spacial score (nSPS) is 11.3. The van der Waals surface area contributed by atoms with Crippen LogP contribution in [-0.4, -0.2) is 20.9 Å². The van der Waals surface area contributed by atoms with Gasteiger partial charge in [-0.05, 0) is 42.8 Å². The van der Waals surface area contributed by atoms with Gasteiger partial charge in [0.1, 0.15) is 0 Å². The van der Waals surface area contributed by atoms with Crippen LogP contribution in [0.15, 0.2) is 47.4 Å². The number of carbonyl (C=O) groups is 1. The summed E-state index contributed by atoms with van der Waals surface area (Å²) >= 11 is 6.02. The van der Waals surface area contributed by atoms with Gasteiger partial charge in [-0.15, -0.1) is 0 Å². The lowest BCUT2D eigenvalue weighted by molar-refractivity contribution is 0.102. The second-order valence-electron chi connectivity index (χ2n) is 4.90. The Morgan fingerprint density at radius 3 is 2.57 bits per heavy atom. The molecule has 1 amide bonds. The summed E-state index contributed by atoms with van der Waals surface area (Å²) in [4.78, 5) is 12.4. The molecule has 0 atom stereocenters. The molecule has 0 heterocycles. The van der Waals surface area contributed by atoms with Gasteiger partial charge >= 0.3 is 0 Å². The highest BCUT2D eigenvalue weighted by molar-refractivity contribution is 7.89. The number of amides is 1. The molecule has 0 bridgehead atoms. The number of hydrogen-bond donors (Lipinski definition) is 2. The number of carbonyl (C=O) groups excluding carboxylic acids is 1. The fourth-order valence-electron chi connectivity index (χ4n) is 2.02. The van der Waals surface area contributed by atoms with Gasteiger partial charge in [0.15, 0.2) is 0 Å². The van der Waals surface area contributed by atoms with Crippen molar-refractivity contribution < 1.29 is 13.2 Å². The first kappa shape index (κ1) is 17.5. The quantitative estimate of drug-likeness (QED) is 0.867. The summed E-state index contributed by atoms with van der Waals surface area (Å²) in [6, 6.07) is 11.1. The Morgan fingerprint density at radius 2 is 1.87 bits per heavy atom. The molecule has 0 spiro atoms. The van der Waals surface area contributed by atoms with Crippen LogP contribution in [-0.2, 0) is 10.0 Å². The molecule has 2 aromatic rings. The summed E-state index contributed by atoms with van der Waals surface area (Å²) in [5.74, 6) is -0.399. The number of hydrogen-bond acceptors (Lipinski definition) is 3. The van der Waals surface area contributed by atoms with E-state index in [1.165, 1.54) is 18.2 Å². The molecule has 0 aliphatic carbocycles. The summed E-state index contributed by atoms with van der Waals surface area (Å²) in [5, 5.41) is 3.29. The second-order valence-corrected chi connectivity index (χ2v) is 7.07. The smallest absolute Gasteiger partial charge is 0.255 e. The van der Waals surface area contributed by atoms with Crippen LogP contribution in [0.1, 0.15) is 22.8 Å². The molecule has 2 rings (SSSR count). The molecule has 122 valence electrons. The van der Waals surface area contributed by atoms with Crippen molar-refractivity contribution >= 4 is 33.2 Å². The molecule has 5 nitrogen and oxygen atoms in total. The fourth-order valence-corrected chi connectivity index (χ4v) is 3.28. The molecule has 0 saturated heterocycles. The molecular weight excluding hydrogens is 336 g/mol. The molecular formula is C16H17ClN2O3S. The lowest BCUT2D eigenvalue weighted by Crippen LogP contribution is -2.23. The molecule has 0 aliphatic heterocycles. The first-order valence-corrected chi connectivity index (χ1v) is 8.87. The van der Waals surface area contributed by atoms with Gasteiger partial charge in [-0.25, -0.2) is 13.1 Å². The summed E-state index contributed by atoms with van der Waals surface area (Å²) in [5.41, 5.74) is 1.59. The van der Waals surface area contributed by atoms with Crippen molar-refractivity contribution in [3.63, 3.8) is 0 Å². The zero-order chi connectivity index (χ0) is 17.0. The van der Waals surface area contributed by atoms with E-state index in [1.807, 2.05) is 0 Å². The third-order valence-corrected chi connectivity index (χ3v) is 5.21. The standard InChI is InChI=1S/C16H17ClN2O3S/c1-3-18-23(21,22)13-7-4-6-12(10-13)16(20)19-15-9-5-8-14(17)11(15)2/h4-10,18H,3H2,1-2H3,(H,19,20). The summed E-state index contributed by atoms with van der Waals surface area (Å²) < 4.78 is 26.4. The van der Waals surface area contributed by atoms with Crippen molar-refractivity contribution in [3.8, 4) is 0 Å². The van der Waals surface area contributed by atoms with Crippen molar-refractivity contribution in [1.82, 2.24) is 4.72 Å². The first-order chi connectivity index (χ1) is 10.8. The number of rotatable bonds is 5. The topological polar surface area (TPSA) is 75.3 Å². The van der Waals surface area contributed by atoms with Gasteiger partial charge in [0.05, 0.1) is 4.90 Å². The van der Waals surface area contributed by atoms with E-state index in [1.54, 1.807) is 38.1 Å². The SMILES string of the molecule is CCNS(=O)(=O)c1cccc(C(=O)Nc2cccc(Cl)c2C)c1. The molecule has 2 aromatic carbocycles. The largest absolute Gasteiger partial charge is 0.322 e. The van der Waals surface area contributed by atoms with Gasteiger partial charge in [-0.2, -0.15) is 0 Å². The second kappa shape index (κ2) is 7.12. The minimum Gasteiger partial charge on any atom is -0.322 e. The zero-order valence-corrected chi connectivity index (χ0v) is 14.3. The Balaban J connectivity index is 2.29. The fraction of sp³-hybridized carbons (Fsp3) is 0.188. The van der Waals surface area contributed by atoms with Gasteiger partial charge in [-0.3, -0.25) is 4.79 Å². The Hall–Kier alpha value is -1.89. The van der Waals surface area contributed by atoms with E-state index in [0.29, 0.717) is 10.7 Å². The Labute approximate surface area is 140 Å². The summed E-state index contributed by atoms with van der Waals surface area (Å²) in [6.45, 7) is 3.76. The van der Waals surface area contributed by atoms with Gasteiger partial charge in [0.25, 0.3) is 5.91 Å². The lowest BCUT2D eigenvalue weighted by atomic mass is 10.1. The predicted octanol–water partition coefficient (Wildman–Crippen LogP) is 3.20. The third kappa shape index (κ3) is 4.10. The highest BCUT2D eigenvalue weighted by Crippen LogP contribution is 2.23. The van der Waals surface area contributed by atoms with E-state index in [-0.39, 0.29) is 17.0 Å². The average Bonchev–Trinajstić information content (AvgIpc) is 2.52. The van der Waals surface area contributed by atoms with Crippen LogP contribution in [0.2, 0.25) is 5.02 Å². The molecule has 0 unspecified atom stereocenters. The highest BCUT2D eigenvalue weighted by atomic mass is 35.5. The average molecular weight is 353 g/mol. The molecule has 0 aromatic heterocycles. The monoisotopic (exact) mass is 352 g/mol. The molecule has 7 heteroatoms. The van der Waals surface area contributed by atoms with Crippen LogP contribution in [0.5, 0.6) is 0 Å². The Morgan fingerprint density at radius 1 is 1.17 bits per heavy atom. The van der Waals surface area contributed by atoms with Gasteiger partial charge in [0, 0.05) is 22.8 Å². The van der Waals surface area contributed by atoms with Crippen molar-refractivity contribution in [3.05, 3.63) is 58.6 Å². The van der Waals surface area contributed by atoms with E-state index in [2.05, 4.69) is 10.0 Å². The van der Waals surface area contributed by atoms with E-state index in [4.69, 9.17) is 11.6 Å². The van der Waals surface area contributed by atoms with Crippen LogP contribution in [0, 0.1) is 6.92 Å². The molecule has 23 heavy (non-hydrogen) atoms. The number of sulfonamides is 1. The van der Waals surface area contributed by atoms with E-state index < -0.39 is 15.9 Å². The molecule has 0 fully saturated rings. The summed E-state index contributed by atoms with van der Waals surface area (Å²) in [7, 11) is -3.61. The highest BCUT2D eigenvalue weighted by Gasteiger charge is 2.15. The van der Waals surface area contributed by atoms with E-state index in [9.17, 15) is 13.2 Å². The van der Waals surface area contributed by atoms with Gasteiger partial charge < -0.3 is 5.32 Å². The Bertz CT molecular complexity index is 835. The van der Waals surface area contributed by atoms with Crippen LogP contribution >= 0.6 is 11.6 Å². The first-order valence-electron chi connectivity index (χ1n) is 7.01. The summed E-state index contributed by atoms with van der Waals surface area (Å²) in [6.07, 6.45) is 0. The van der Waals surface area contributed by atoms with Crippen molar-refractivity contribution in [2.45, 2.75) is 18.7 Å². The predicted molar refractivity (Wildman–Crippen MR) is 91.4 cm³/mol. The molecule has 2 N–H and O–H groups in total. The third-order valence-electron chi connectivity index (χ3n) is 3.26. The van der Waals surface area contributed by atoms with Crippen LogP contribution in [0.25, 0.3) is 0 Å². The van der Waals surface area contributed by atoms with Crippen LogP contribution < -0.4 is 10.0 Å². The lowest BCUT2D eigenvalue weighted by Gasteiger charge is -2.10. The minimum atomic E-state index is -3.61. The van der Waals surface area contributed by atoms with Crippen LogP contribution in [0.4, 0.5) is 5.69 Å². The number of nitrogens with one attached hydrogen (secondary N) is 2.